The van der Waals surface area contributed by atoms with Crippen molar-refractivity contribution in [2.45, 2.75) is 0 Å². The lowest BCUT2D eigenvalue weighted by Gasteiger charge is -1.91. The quantitative estimate of drug-likeness (QED) is 0.520. The Balaban J connectivity index is 1.59. The number of hydrogen-bond acceptors (Lipinski definition) is 5. The van der Waals surface area contributed by atoms with Crippen molar-refractivity contribution in [2.75, 3.05) is 0 Å². The zero-order valence-corrected chi connectivity index (χ0v) is 12.6. The summed E-state index contributed by atoms with van der Waals surface area (Å²) in [5.41, 5.74) is 4.69. The van der Waals surface area contributed by atoms with Gasteiger partial charge in [-0.1, -0.05) is 11.3 Å². The average molecular weight is 318 g/mol. The zero-order valence-electron chi connectivity index (χ0n) is 11.8. The summed E-state index contributed by atoms with van der Waals surface area (Å²) in [5, 5.41) is 0.833. The van der Waals surface area contributed by atoms with Crippen molar-refractivity contribution in [2.24, 2.45) is 0 Å². The van der Waals surface area contributed by atoms with Gasteiger partial charge in [0.05, 0.1) is 28.6 Å². The number of nitrogens with zero attached hydrogens (tertiary/aromatic N) is 4. The molecule has 0 unspecified atom stereocenters. The minimum absolute atomic E-state index is 0.745. The molecule has 0 aliphatic carbocycles. The van der Waals surface area contributed by atoms with Crippen LogP contribution >= 0.6 is 11.3 Å². The number of hydrogen-bond donors (Lipinski definition) is 2. The standard InChI is InChI=1S/C16H10N6S/c1-3-9-11(17-5-1)7-12(20-9)13-8-19-14(21-13)16-22-10-4-2-6-18-15(10)23-16/h1-8,20H,(H,19,21). The minimum Gasteiger partial charge on any atom is -0.352 e. The third-order valence-electron chi connectivity index (χ3n) is 3.62. The predicted molar refractivity (Wildman–Crippen MR) is 90.1 cm³/mol. The Bertz CT molecular complexity index is 981. The summed E-state index contributed by atoms with van der Waals surface area (Å²) in [6.45, 7) is 0. The number of aromatic nitrogens is 6. The summed E-state index contributed by atoms with van der Waals surface area (Å²) in [6, 6.07) is 9.76. The molecule has 0 aliphatic rings. The third kappa shape index (κ3) is 2.01. The van der Waals surface area contributed by atoms with Crippen LogP contribution in [-0.2, 0) is 0 Å². The zero-order chi connectivity index (χ0) is 15.2. The van der Waals surface area contributed by atoms with Gasteiger partial charge in [0, 0.05) is 12.4 Å². The van der Waals surface area contributed by atoms with Crippen molar-refractivity contribution in [3.8, 4) is 22.2 Å². The normalized spacial score (nSPS) is 11.5. The summed E-state index contributed by atoms with van der Waals surface area (Å²) < 4.78 is 0. The van der Waals surface area contributed by atoms with Crippen LogP contribution in [0, 0.1) is 0 Å². The highest BCUT2D eigenvalue weighted by atomic mass is 32.1. The molecule has 0 amide bonds. The molecule has 0 saturated carbocycles. The molecule has 6 nitrogen and oxygen atoms in total. The second kappa shape index (κ2) is 4.72. The van der Waals surface area contributed by atoms with Crippen molar-refractivity contribution < 1.29 is 0 Å². The van der Waals surface area contributed by atoms with Crippen LogP contribution < -0.4 is 0 Å². The Morgan fingerprint density at radius 1 is 0.870 bits per heavy atom. The molecule has 5 rings (SSSR count). The molecule has 0 bridgehead atoms. The van der Waals surface area contributed by atoms with E-state index in [-0.39, 0.29) is 0 Å². The molecular weight excluding hydrogens is 308 g/mol. The summed E-state index contributed by atoms with van der Waals surface area (Å²) in [6.07, 6.45) is 5.36. The molecule has 23 heavy (non-hydrogen) atoms. The maximum atomic E-state index is 4.57. The molecule has 110 valence electrons. The molecule has 2 N–H and O–H groups in total. The number of imidazole rings is 1. The molecule has 0 aliphatic heterocycles. The van der Waals surface area contributed by atoms with E-state index in [1.807, 2.05) is 30.3 Å². The fraction of sp³-hybridized carbons (Fsp3) is 0. The van der Waals surface area contributed by atoms with E-state index in [9.17, 15) is 0 Å². The molecular formula is C16H10N6S. The van der Waals surface area contributed by atoms with Crippen LogP contribution in [0.25, 0.3) is 43.6 Å². The van der Waals surface area contributed by atoms with Crippen molar-refractivity contribution >= 4 is 32.7 Å². The van der Waals surface area contributed by atoms with E-state index in [1.165, 1.54) is 11.3 Å². The first-order valence-corrected chi connectivity index (χ1v) is 7.89. The lowest BCUT2D eigenvalue weighted by atomic mass is 10.3. The van der Waals surface area contributed by atoms with Crippen molar-refractivity contribution in [1.82, 2.24) is 29.9 Å². The molecule has 7 heteroatoms. The smallest absolute Gasteiger partial charge is 0.167 e. The Kier molecular flexibility index (Phi) is 2.56. The van der Waals surface area contributed by atoms with E-state index in [0.717, 1.165) is 43.6 Å². The summed E-state index contributed by atoms with van der Waals surface area (Å²) in [7, 11) is 0. The van der Waals surface area contributed by atoms with Crippen molar-refractivity contribution in [3.05, 3.63) is 48.9 Å². The van der Waals surface area contributed by atoms with E-state index >= 15 is 0 Å². The van der Waals surface area contributed by atoms with Gasteiger partial charge in [-0.3, -0.25) is 4.98 Å². The maximum absolute atomic E-state index is 4.57. The van der Waals surface area contributed by atoms with Crippen LogP contribution in [0.15, 0.2) is 48.9 Å². The second-order valence-corrected chi connectivity index (χ2v) is 6.09. The molecule has 0 fully saturated rings. The Labute approximate surface area is 134 Å². The van der Waals surface area contributed by atoms with Gasteiger partial charge in [0.15, 0.2) is 10.8 Å². The number of pyridine rings is 2. The largest absolute Gasteiger partial charge is 0.352 e. The topological polar surface area (TPSA) is 83.1 Å². The number of rotatable bonds is 2. The van der Waals surface area contributed by atoms with Gasteiger partial charge < -0.3 is 9.97 Å². The number of fused-ring (bicyclic) bond motifs is 2. The van der Waals surface area contributed by atoms with E-state index in [2.05, 4.69) is 29.9 Å². The highest BCUT2D eigenvalue weighted by Crippen LogP contribution is 2.29. The van der Waals surface area contributed by atoms with Crippen LogP contribution in [0.5, 0.6) is 0 Å². The van der Waals surface area contributed by atoms with Gasteiger partial charge in [-0.2, -0.15) is 0 Å². The van der Waals surface area contributed by atoms with Crippen molar-refractivity contribution in [3.63, 3.8) is 0 Å². The maximum Gasteiger partial charge on any atom is 0.167 e. The first-order valence-electron chi connectivity index (χ1n) is 7.08. The third-order valence-corrected chi connectivity index (χ3v) is 4.61. The van der Waals surface area contributed by atoms with Crippen molar-refractivity contribution in [1.29, 1.82) is 0 Å². The van der Waals surface area contributed by atoms with E-state index in [4.69, 9.17) is 0 Å². The van der Waals surface area contributed by atoms with E-state index < -0.39 is 0 Å². The second-order valence-electron chi connectivity index (χ2n) is 5.11. The Morgan fingerprint density at radius 2 is 1.78 bits per heavy atom. The predicted octanol–water partition coefficient (Wildman–Crippen LogP) is 3.62. The summed E-state index contributed by atoms with van der Waals surface area (Å²) in [5.74, 6) is 0.745. The lowest BCUT2D eigenvalue weighted by Crippen LogP contribution is -1.79. The Morgan fingerprint density at radius 3 is 2.70 bits per heavy atom. The number of aromatic amines is 2. The van der Waals surface area contributed by atoms with Crippen LogP contribution in [-0.4, -0.2) is 29.9 Å². The lowest BCUT2D eigenvalue weighted by molar-refractivity contribution is 1.28. The average Bonchev–Trinajstić information content (AvgIpc) is 3.30. The number of H-pyrrole nitrogens is 2. The molecule has 0 saturated heterocycles. The molecule has 0 radical (unpaired) electrons. The molecule has 0 spiro atoms. The van der Waals surface area contributed by atoms with Crippen LogP contribution in [0.4, 0.5) is 0 Å². The van der Waals surface area contributed by atoms with Gasteiger partial charge in [0.2, 0.25) is 0 Å². The highest BCUT2D eigenvalue weighted by Gasteiger charge is 2.12. The first-order chi connectivity index (χ1) is 11.4. The van der Waals surface area contributed by atoms with Gasteiger partial charge in [0.25, 0.3) is 0 Å². The SMILES string of the molecule is c1cnc2sc(-c3ncc(-c4cc5ncccc5[nH]4)[nH]3)nc2c1. The molecule has 5 aromatic rings. The first kappa shape index (κ1) is 12.5. The highest BCUT2D eigenvalue weighted by molar-refractivity contribution is 7.21. The van der Waals surface area contributed by atoms with E-state index in [0.29, 0.717) is 0 Å². The van der Waals surface area contributed by atoms with Gasteiger partial charge >= 0.3 is 0 Å². The van der Waals surface area contributed by atoms with Gasteiger partial charge in [-0.25, -0.2) is 15.0 Å². The van der Waals surface area contributed by atoms with Crippen LogP contribution in [0.3, 0.4) is 0 Å². The fourth-order valence-electron chi connectivity index (χ4n) is 2.54. The number of thiazole rings is 1. The monoisotopic (exact) mass is 318 g/mol. The van der Waals surface area contributed by atoms with E-state index in [1.54, 1.807) is 18.6 Å². The van der Waals surface area contributed by atoms with Crippen LogP contribution in [0.1, 0.15) is 0 Å². The molecule has 0 atom stereocenters. The minimum atomic E-state index is 0.745. The number of nitrogens with one attached hydrogen (secondary N) is 2. The molecule has 5 aromatic heterocycles. The van der Waals surface area contributed by atoms with Gasteiger partial charge in [-0.15, -0.1) is 0 Å². The summed E-state index contributed by atoms with van der Waals surface area (Å²) >= 11 is 1.53. The van der Waals surface area contributed by atoms with Gasteiger partial charge in [0.1, 0.15) is 10.3 Å². The molecule has 5 heterocycles. The summed E-state index contributed by atoms with van der Waals surface area (Å²) in [4.78, 5) is 25.3. The van der Waals surface area contributed by atoms with Gasteiger partial charge in [-0.05, 0) is 30.3 Å². The Hall–Kier alpha value is -3.06. The molecule has 0 aromatic carbocycles. The van der Waals surface area contributed by atoms with Crippen LogP contribution in [0.2, 0.25) is 0 Å². The fourth-order valence-corrected chi connectivity index (χ4v) is 3.40.